The number of carbonyl (C=O) groups excluding carboxylic acids is 3. The number of nitrogens with zero attached hydrogens (tertiary/aromatic N) is 4. The number of piperazine rings is 1. The van der Waals surface area contributed by atoms with E-state index in [9.17, 15) is 14.4 Å². The van der Waals surface area contributed by atoms with Gasteiger partial charge in [-0.2, -0.15) is 0 Å². The van der Waals surface area contributed by atoms with Crippen LogP contribution in [0.3, 0.4) is 0 Å². The maximum Gasteiger partial charge on any atom is 0.273 e. The number of amides is 3. The minimum absolute atomic E-state index is 0.0345. The minimum Gasteiger partial charge on any atom is -0.486 e. The van der Waals surface area contributed by atoms with E-state index in [4.69, 9.17) is 4.74 Å². The van der Waals surface area contributed by atoms with Crippen LogP contribution >= 0.6 is 11.3 Å². The van der Waals surface area contributed by atoms with Crippen LogP contribution in [0, 0.1) is 6.92 Å². The second kappa shape index (κ2) is 11.6. The van der Waals surface area contributed by atoms with Crippen LogP contribution in [-0.2, 0) is 22.6 Å². The fraction of sp³-hybridized carbons (Fsp3) is 0.400. The molecule has 3 amide bonds. The number of ether oxygens (including phenoxy) is 1. The zero-order chi connectivity index (χ0) is 27.5. The molecule has 204 valence electrons. The van der Waals surface area contributed by atoms with Crippen molar-refractivity contribution < 1.29 is 19.1 Å². The first kappa shape index (κ1) is 26.9. The highest BCUT2D eigenvalue weighted by atomic mass is 32.1. The van der Waals surface area contributed by atoms with Crippen LogP contribution < -0.4 is 4.74 Å². The summed E-state index contributed by atoms with van der Waals surface area (Å²) in [5, 5.41) is 2.49. The van der Waals surface area contributed by atoms with Crippen molar-refractivity contribution in [3.05, 3.63) is 80.8 Å². The van der Waals surface area contributed by atoms with E-state index in [1.54, 1.807) is 22.1 Å². The molecule has 2 aromatic carbocycles. The van der Waals surface area contributed by atoms with Gasteiger partial charge in [-0.3, -0.25) is 14.4 Å². The van der Waals surface area contributed by atoms with Gasteiger partial charge in [0.25, 0.3) is 5.91 Å². The molecule has 0 bridgehead atoms. The second-order valence-electron chi connectivity index (χ2n) is 10.1. The Labute approximate surface area is 233 Å². The van der Waals surface area contributed by atoms with Crippen LogP contribution in [0.2, 0.25) is 0 Å². The summed E-state index contributed by atoms with van der Waals surface area (Å²) in [6.45, 7) is 8.58. The monoisotopic (exact) mass is 546 g/mol. The van der Waals surface area contributed by atoms with Crippen molar-refractivity contribution in [2.24, 2.45) is 0 Å². The summed E-state index contributed by atoms with van der Waals surface area (Å²) in [6, 6.07) is 14.3. The topological polar surface area (TPSA) is 83.1 Å². The molecule has 2 aliphatic heterocycles. The number of thiazole rings is 1. The lowest BCUT2D eigenvalue weighted by Gasteiger charge is -2.38. The lowest BCUT2D eigenvalue weighted by atomic mass is 9.87. The lowest BCUT2D eigenvalue weighted by Crippen LogP contribution is -2.50. The number of carbonyl (C=O) groups is 3. The predicted molar refractivity (Wildman–Crippen MR) is 150 cm³/mol. The highest BCUT2D eigenvalue weighted by molar-refractivity contribution is 7.09. The van der Waals surface area contributed by atoms with Crippen molar-refractivity contribution in [2.45, 2.75) is 46.3 Å². The average molecular weight is 547 g/mol. The van der Waals surface area contributed by atoms with E-state index >= 15 is 0 Å². The first-order valence-corrected chi connectivity index (χ1v) is 14.3. The van der Waals surface area contributed by atoms with Crippen molar-refractivity contribution in [3.8, 4) is 5.75 Å². The van der Waals surface area contributed by atoms with Crippen LogP contribution in [0.25, 0.3) is 0 Å². The average Bonchev–Trinajstić information content (AvgIpc) is 3.44. The molecule has 39 heavy (non-hydrogen) atoms. The van der Waals surface area contributed by atoms with Gasteiger partial charge in [-0.1, -0.05) is 42.8 Å². The molecule has 0 radical (unpaired) electrons. The zero-order valence-corrected chi connectivity index (χ0v) is 23.5. The molecule has 0 aliphatic carbocycles. The third-order valence-corrected chi connectivity index (χ3v) is 8.33. The third-order valence-electron chi connectivity index (χ3n) is 7.51. The molecule has 9 heteroatoms. The molecule has 3 heterocycles. The van der Waals surface area contributed by atoms with E-state index < -0.39 is 0 Å². The number of hydrogen-bond donors (Lipinski definition) is 0. The highest BCUT2D eigenvalue weighted by Crippen LogP contribution is 2.37. The summed E-state index contributed by atoms with van der Waals surface area (Å²) in [6.07, 6.45) is 1.27. The SMILES string of the molecule is CCC(=O)N1CCc2ccc(OCc3nc(C(=O)N4CCN(C(C)=O)CC4)cs3)cc2C1c1ccc(C)cc1. The predicted octanol–water partition coefficient (Wildman–Crippen LogP) is 4.22. The molecule has 1 atom stereocenters. The van der Waals surface area contributed by atoms with Crippen LogP contribution in [0.4, 0.5) is 0 Å². The molecule has 0 N–H and O–H groups in total. The number of fused-ring (bicyclic) bond motifs is 1. The van der Waals surface area contributed by atoms with E-state index in [0.29, 0.717) is 50.6 Å². The third kappa shape index (κ3) is 5.83. The van der Waals surface area contributed by atoms with E-state index in [2.05, 4.69) is 42.2 Å². The maximum absolute atomic E-state index is 12.9. The molecule has 8 nitrogen and oxygen atoms in total. The summed E-state index contributed by atoms with van der Waals surface area (Å²) >= 11 is 1.40. The van der Waals surface area contributed by atoms with Gasteiger partial charge < -0.3 is 19.4 Å². The molecule has 1 aromatic heterocycles. The maximum atomic E-state index is 12.9. The molecule has 1 unspecified atom stereocenters. The number of rotatable bonds is 6. The van der Waals surface area contributed by atoms with Crippen molar-refractivity contribution >= 4 is 29.1 Å². The van der Waals surface area contributed by atoms with Gasteiger partial charge in [0.2, 0.25) is 11.8 Å². The molecule has 0 saturated carbocycles. The van der Waals surface area contributed by atoms with Gasteiger partial charge in [-0.15, -0.1) is 11.3 Å². The Bertz CT molecular complexity index is 1360. The van der Waals surface area contributed by atoms with Gasteiger partial charge in [0.1, 0.15) is 23.1 Å². The van der Waals surface area contributed by atoms with Gasteiger partial charge in [-0.05, 0) is 42.2 Å². The van der Waals surface area contributed by atoms with Crippen molar-refractivity contribution in [1.82, 2.24) is 19.7 Å². The second-order valence-corrected chi connectivity index (χ2v) is 11.0. The Balaban J connectivity index is 1.29. The van der Waals surface area contributed by atoms with Crippen LogP contribution in [-0.4, -0.2) is 70.1 Å². The normalized spacial score (nSPS) is 17.1. The molecule has 5 rings (SSSR count). The van der Waals surface area contributed by atoms with E-state index in [1.165, 1.54) is 22.5 Å². The zero-order valence-electron chi connectivity index (χ0n) is 22.7. The van der Waals surface area contributed by atoms with E-state index in [0.717, 1.165) is 22.6 Å². The number of benzene rings is 2. The smallest absolute Gasteiger partial charge is 0.273 e. The van der Waals surface area contributed by atoms with E-state index in [-0.39, 0.29) is 30.4 Å². The fourth-order valence-corrected chi connectivity index (χ4v) is 5.95. The van der Waals surface area contributed by atoms with Crippen molar-refractivity contribution in [2.75, 3.05) is 32.7 Å². The first-order chi connectivity index (χ1) is 18.8. The van der Waals surface area contributed by atoms with Crippen LogP contribution in [0.1, 0.15) is 64.1 Å². The largest absolute Gasteiger partial charge is 0.486 e. The minimum atomic E-state index is -0.155. The number of hydrogen-bond acceptors (Lipinski definition) is 6. The van der Waals surface area contributed by atoms with Gasteiger partial charge in [0.15, 0.2) is 0 Å². The fourth-order valence-electron chi connectivity index (χ4n) is 5.27. The highest BCUT2D eigenvalue weighted by Gasteiger charge is 2.32. The standard InChI is InChI=1S/C30H34N4O4S/c1-4-28(36)34-12-11-22-9-10-24(17-25(22)29(34)23-7-5-20(2)6-8-23)38-18-27-31-26(19-39-27)30(37)33-15-13-32(14-16-33)21(3)35/h5-10,17,19,29H,4,11-16,18H2,1-3H3. The summed E-state index contributed by atoms with van der Waals surface area (Å²) < 4.78 is 6.14. The molecule has 0 spiro atoms. The van der Waals surface area contributed by atoms with Gasteiger partial charge in [0.05, 0.1) is 6.04 Å². The molecular formula is C30H34N4O4S. The van der Waals surface area contributed by atoms with Crippen molar-refractivity contribution in [1.29, 1.82) is 0 Å². The van der Waals surface area contributed by atoms with E-state index in [1.807, 2.05) is 24.0 Å². The Morgan fingerprint density at radius 1 is 1.00 bits per heavy atom. The Morgan fingerprint density at radius 2 is 1.72 bits per heavy atom. The van der Waals surface area contributed by atoms with Gasteiger partial charge >= 0.3 is 0 Å². The molecule has 1 fully saturated rings. The lowest BCUT2D eigenvalue weighted by molar-refractivity contribution is -0.133. The Morgan fingerprint density at radius 3 is 2.41 bits per heavy atom. The summed E-state index contributed by atoms with van der Waals surface area (Å²) in [5.41, 5.74) is 4.99. The molecule has 1 saturated heterocycles. The van der Waals surface area contributed by atoms with Gasteiger partial charge in [-0.25, -0.2) is 4.98 Å². The quantitative estimate of drug-likeness (QED) is 0.462. The van der Waals surface area contributed by atoms with Gasteiger partial charge in [0, 0.05) is 51.4 Å². The Hall–Kier alpha value is -3.72. The number of aromatic nitrogens is 1. The summed E-state index contributed by atoms with van der Waals surface area (Å²) in [7, 11) is 0. The number of aryl methyl sites for hydroxylation is 1. The van der Waals surface area contributed by atoms with Crippen LogP contribution in [0.15, 0.2) is 47.8 Å². The summed E-state index contributed by atoms with van der Waals surface area (Å²) in [4.78, 5) is 47.4. The molecule has 2 aliphatic rings. The molecule has 3 aromatic rings. The molecular weight excluding hydrogens is 512 g/mol. The summed E-state index contributed by atoms with van der Waals surface area (Å²) in [5.74, 6) is 0.767. The van der Waals surface area contributed by atoms with Crippen molar-refractivity contribution in [3.63, 3.8) is 0 Å². The first-order valence-electron chi connectivity index (χ1n) is 13.4. The Kier molecular flexibility index (Phi) is 7.97. The van der Waals surface area contributed by atoms with Crippen LogP contribution in [0.5, 0.6) is 5.75 Å².